The standard InChI is InChI=1S/C3H6N2O3.C3H6O2.Y/c6-2-4-1-5-3-8-7;1-2-5-3-4;/h5,7H,1,3H2;2,4H,1,3H2;. The Balaban J connectivity index is -0.000000177. The van der Waals surface area contributed by atoms with Crippen molar-refractivity contribution in [3.05, 3.63) is 12.8 Å². The molecule has 3 N–H and O–H groups in total. The maximum absolute atomic E-state index is 9.33. The first kappa shape index (κ1) is 19.4. The van der Waals surface area contributed by atoms with Gasteiger partial charge in [0.05, 0.1) is 6.26 Å². The molecule has 79 valence electrons. The largest absolute Gasteiger partial charge is 0.476 e. The van der Waals surface area contributed by atoms with Crippen LogP contribution >= 0.6 is 0 Å². The normalized spacial score (nSPS) is 7.00. The van der Waals surface area contributed by atoms with E-state index in [4.69, 9.17) is 10.4 Å². The quantitative estimate of drug-likeness (QED) is 0.114. The first-order chi connectivity index (χ1) is 6.33. The molecule has 0 amide bonds. The molecule has 0 unspecified atom stereocenters. The number of hydrogen-bond acceptors (Lipinski definition) is 7. The minimum Gasteiger partial charge on any atom is -0.476 e. The Labute approximate surface area is 107 Å². The van der Waals surface area contributed by atoms with E-state index >= 15 is 0 Å². The van der Waals surface area contributed by atoms with Crippen LogP contribution in [0.3, 0.4) is 0 Å². The summed E-state index contributed by atoms with van der Waals surface area (Å²) >= 11 is 0. The zero-order valence-electron chi connectivity index (χ0n) is 7.55. The first-order valence-corrected chi connectivity index (χ1v) is 3.17. The maximum atomic E-state index is 9.33. The zero-order chi connectivity index (χ0) is 10.4. The summed E-state index contributed by atoms with van der Waals surface area (Å²) in [7, 11) is 0. The molecule has 0 saturated carbocycles. The van der Waals surface area contributed by atoms with Gasteiger partial charge in [0.1, 0.15) is 13.4 Å². The number of isocyanates is 1. The van der Waals surface area contributed by atoms with Gasteiger partial charge in [0.2, 0.25) is 6.08 Å². The smallest absolute Gasteiger partial charge is 0.236 e. The van der Waals surface area contributed by atoms with E-state index in [9.17, 15) is 4.79 Å². The topological polar surface area (TPSA) is 100 Å². The summed E-state index contributed by atoms with van der Waals surface area (Å²) < 4.78 is 4.15. The van der Waals surface area contributed by atoms with Crippen LogP contribution in [-0.2, 0) is 47.1 Å². The van der Waals surface area contributed by atoms with Gasteiger partial charge in [0.15, 0.2) is 6.79 Å². The van der Waals surface area contributed by atoms with Crippen molar-refractivity contribution < 1.29 is 57.5 Å². The molecule has 7 nitrogen and oxygen atoms in total. The third-order valence-electron chi connectivity index (χ3n) is 0.614. The van der Waals surface area contributed by atoms with Crippen molar-refractivity contribution in [1.29, 1.82) is 0 Å². The molecule has 0 saturated heterocycles. The Morgan fingerprint density at radius 2 is 2.29 bits per heavy atom. The number of rotatable bonds is 6. The van der Waals surface area contributed by atoms with Crippen molar-refractivity contribution in [3.8, 4) is 0 Å². The van der Waals surface area contributed by atoms with Crippen LogP contribution in [0.4, 0.5) is 0 Å². The van der Waals surface area contributed by atoms with Gasteiger partial charge in [-0.3, -0.25) is 10.6 Å². The molecule has 0 aromatic heterocycles. The minimum atomic E-state index is -0.274. The van der Waals surface area contributed by atoms with E-state index in [0.29, 0.717) is 0 Å². The Morgan fingerprint density at radius 1 is 1.64 bits per heavy atom. The number of aliphatic hydroxyl groups is 1. The van der Waals surface area contributed by atoms with Crippen LogP contribution < -0.4 is 5.32 Å². The summed E-state index contributed by atoms with van der Waals surface area (Å²) in [4.78, 5) is 16.0. The van der Waals surface area contributed by atoms with Crippen LogP contribution in [0, 0.1) is 0 Å². The van der Waals surface area contributed by atoms with Crippen LogP contribution in [0.25, 0.3) is 0 Å². The van der Waals surface area contributed by atoms with Crippen molar-refractivity contribution in [2.75, 3.05) is 20.2 Å². The van der Waals surface area contributed by atoms with Crippen molar-refractivity contribution >= 4 is 6.08 Å². The fraction of sp³-hybridized carbons (Fsp3) is 0.500. The van der Waals surface area contributed by atoms with Crippen LogP contribution in [0.15, 0.2) is 17.8 Å². The summed E-state index contributed by atoms with van der Waals surface area (Å²) in [6.45, 7) is 2.97. The number of nitrogens with zero attached hydrogens (tertiary/aromatic N) is 1. The summed E-state index contributed by atoms with van der Waals surface area (Å²) in [5.74, 6) is 0. The van der Waals surface area contributed by atoms with E-state index in [2.05, 4.69) is 26.5 Å². The van der Waals surface area contributed by atoms with Gasteiger partial charge in [0.25, 0.3) is 0 Å². The molecule has 8 heteroatoms. The summed E-state index contributed by atoms with van der Waals surface area (Å²) in [5, 5.41) is 17.9. The first-order valence-electron chi connectivity index (χ1n) is 3.17. The molecule has 0 heterocycles. The molecule has 0 rings (SSSR count). The molecule has 0 aromatic carbocycles. The summed E-state index contributed by atoms with van der Waals surface area (Å²) in [5.41, 5.74) is 0. The van der Waals surface area contributed by atoms with Crippen molar-refractivity contribution in [2.45, 2.75) is 0 Å². The average molecular weight is 281 g/mol. The van der Waals surface area contributed by atoms with Crippen molar-refractivity contribution in [1.82, 2.24) is 5.32 Å². The summed E-state index contributed by atoms with van der Waals surface area (Å²) in [6, 6.07) is 0. The van der Waals surface area contributed by atoms with Gasteiger partial charge in [-0.25, -0.2) is 9.68 Å². The summed E-state index contributed by atoms with van der Waals surface area (Å²) in [6.07, 6.45) is 2.48. The van der Waals surface area contributed by atoms with E-state index in [1.165, 1.54) is 12.3 Å². The SMILES string of the molecule is C=COCO.O=C=NCNCOO.[Y]. The Bertz CT molecular complexity index is 151. The number of nitrogens with one attached hydrogen (secondary N) is 1. The third-order valence-corrected chi connectivity index (χ3v) is 0.614. The number of aliphatic imine (C=N–C) groups is 1. The second-order valence-corrected chi connectivity index (χ2v) is 1.39. The van der Waals surface area contributed by atoms with Gasteiger partial charge >= 0.3 is 0 Å². The second kappa shape index (κ2) is 23.0. The van der Waals surface area contributed by atoms with Gasteiger partial charge in [-0.1, -0.05) is 6.58 Å². The van der Waals surface area contributed by atoms with E-state index in [1.54, 1.807) is 0 Å². The molecule has 1 radical (unpaired) electrons. The van der Waals surface area contributed by atoms with Crippen LogP contribution in [-0.4, -0.2) is 36.6 Å². The Hall–Kier alpha value is -0.136. The third kappa shape index (κ3) is 29.7. The van der Waals surface area contributed by atoms with Gasteiger partial charge in [0, 0.05) is 32.7 Å². The molecule has 0 aliphatic heterocycles. The molecule has 0 spiro atoms. The van der Waals surface area contributed by atoms with E-state index < -0.39 is 0 Å². The molecular weight excluding hydrogens is 269 g/mol. The van der Waals surface area contributed by atoms with Crippen LogP contribution in [0.5, 0.6) is 0 Å². The molecule has 0 bridgehead atoms. The molecule has 0 atom stereocenters. The number of hydrogen-bond donors (Lipinski definition) is 3. The van der Waals surface area contributed by atoms with E-state index in [-0.39, 0.29) is 52.9 Å². The average Bonchev–Trinajstić information content (AvgIpc) is 2.15. The second-order valence-electron chi connectivity index (χ2n) is 1.39. The van der Waals surface area contributed by atoms with Gasteiger partial charge in [-0.15, -0.1) is 0 Å². The number of ether oxygens (including phenoxy) is 1. The monoisotopic (exact) mass is 281 g/mol. The van der Waals surface area contributed by atoms with E-state index in [0.717, 1.165) is 0 Å². The maximum Gasteiger partial charge on any atom is 0.236 e. The van der Waals surface area contributed by atoms with Crippen molar-refractivity contribution in [2.24, 2.45) is 4.99 Å². The number of aliphatic hydroxyl groups excluding tert-OH is 1. The van der Waals surface area contributed by atoms with Gasteiger partial charge < -0.3 is 9.84 Å². The Morgan fingerprint density at radius 3 is 2.57 bits per heavy atom. The fourth-order valence-electron chi connectivity index (χ4n) is 0.232. The molecular formula is C6H12N2O5Y. The predicted octanol–water partition coefficient (Wildman–Crippen LogP) is -0.590. The molecule has 14 heavy (non-hydrogen) atoms. The van der Waals surface area contributed by atoms with Crippen molar-refractivity contribution in [3.63, 3.8) is 0 Å². The van der Waals surface area contributed by atoms with Crippen LogP contribution in [0.1, 0.15) is 0 Å². The van der Waals surface area contributed by atoms with Crippen LogP contribution in [0.2, 0.25) is 0 Å². The molecule has 0 aliphatic carbocycles. The van der Waals surface area contributed by atoms with E-state index in [1.807, 2.05) is 0 Å². The van der Waals surface area contributed by atoms with Gasteiger partial charge in [-0.2, -0.15) is 4.99 Å². The molecule has 0 aromatic rings. The Kier molecular flexibility index (Phi) is 32.0. The number of carbonyl (C=O) groups excluding carboxylic acids is 1. The zero-order valence-corrected chi connectivity index (χ0v) is 10.4. The molecule has 0 aliphatic rings. The minimum absolute atomic E-state index is 0. The predicted molar refractivity (Wildman–Crippen MR) is 43.1 cm³/mol. The van der Waals surface area contributed by atoms with Gasteiger partial charge in [-0.05, 0) is 0 Å². The molecule has 0 fully saturated rings. The fourth-order valence-corrected chi connectivity index (χ4v) is 0.232.